The van der Waals surface area contributed by atoms with Gasteiger partial charge in [0.15, 0.2) is 0 Å². The standard InChI is InChI=1S/C23H24ClF3N2O2.C17H23NO3.C16H21NO3.C8H7ClF3N.3CH4/c1-5-22(21(31)28-18-10-16(23(25,26)27)9-17(24)11-18)12-29(20(30)15(22)4)19-13(2)7-6-8-14(19)3;1-6-17(16(20)21-5)10-18(15(19)13(17)4)14-11(2)8-7-9-12(14)3;1-5-16(15(19)20-4)9-13(18)17(10-16)14-11(2)7-6-8-12(14)3;1-13-7-3-5(8(10,11)12)2-6(9)4-7;;;/h6-11,15H,5,12H2,1-4H3,(H,28,31);7-9,13H,6,10H2,1-5H3;6-8H,5,9-10H2,1-4H3;2-4,13H,1H3;3*1H4/t15-,22-;;;;;;/m1....../s1. The molecule has 3 saturated heterocycles. The van der Waals surface area contributed by atoms with Crippen LogP contribution < -0.4 is 25.3 Å². The number of methoxy groups -OCH3 is 2. The molecule has 0 bridgehead atoms. The number of halogens is 8. The Labute approximate surface area is 525 Å². The third-order valence-corrected chi connectivity index (χ3v) is 17.2. The highest BCUT2D eigenvalue weighted by molar-refractivity contribution is 6.31. The number of amides is 4. The Kier molecular flexibility index (Phi) is 27.0. The summed E-state index contributed by atoms with van der Waals surface area (Å²) in [7, 11) is 4.30. The van der Waals surface area contributed by atoms with Gasteiger partial charge in [0, 0.05) is 71.6 Å². The van der Waals surface area contributed by atoms with E-state index in [0.717, 1.165) is 74.7 Å². The van der Waals surface area contributed by atoms with Gasteiger partial charge in [-0.05, 0) is 131 Å². The first-order chi connectivity index (χ1) is 39.7. The minimum Gasteiger partial charge on any atom is -0.469 e. The van der Waals surface area contributed by atoms with Crippen molar-refractivity contribution in [3.05, 3.63) is 146 Å². The highest BCUT2D eigenvalue weighted by Gasteiger charge is 2.56. The number of alkyl halides is 6. The SMILES string of the molecule is C.C.C.CCC1(C(=O)OC)CC(=O)N(c2c(C)cccc2C)C1.CCC1(C(=O)OC)CN(c2c(C)cccc2C)C(=O)C1C.CC[C@@]1(C(=O)Nc2cc(Cl)cc(C(F)(F)F)c2)CN(c2c(C)cccc2C)C(=O)[C@H]1C.CNc1cc(Cl)cc(C(F)(F)F)c1. The third kappa shape index (κ3) is 16.2. The zero-order valence-corrected chi connectivity index (χ0v) is 51.9. The molecule has 5 atom stereocenters. The highest BCUT2D eigenvalue weighted by atomic mass is 35.5. The van der Waals surface area contributed by atoms with Crippen LogP contribution in [0.2, 0.25) is 10.0 Å². The van der Waals surface area contributed by atoms with E-state index in [4.69, 9.17) is 32.7 Å². The Bertz CT molecular complexity index is 3260. The summed E-state index contributed by atoms with van der Waals surface area (Å²) >= 11 is 11.3. The molecule has 88 heavy (non-hydrogen) atoms. The molecule has 0 aromatic heterocycles. The maximum absolute atomic E-state index is 13.3. The van der Waals surface area contributed by atoms with E-state index >= 15 is 0 Å². The number of ether oxygens (including phenoxy) is 2. The summed E-state index contributed by atoms with van der Waals surface area (Å²) in [5.74, 6) is -2.28. The van der Waals surface area contributed by atoms with E-state index in [9.17, 15) is 55.1 Å². The first-order valence-electron chi connectivity index (χ1n) is 27.7. The molecule has 2 N–H and O–H groups in total. The van der Waals surface area contributed by atoms with Crippen LogP contribution in [0, 0.1) is 69.6 Å². The quantitative estimate of drug-likeness (QED) is 0.0971. The van der Waals surface area contributed by atoms with Gasteiger partial charge in [-0.1, -0.05) is 135 Å². The second kappa shape index (κ2) is 30.9. The zero-order valence-electron chi connectivity index (χ0n) is 50.4. The molecular weight excluding hydrogens is 1190 g/mol. The second-order valence-corrected chi connectivity index (χ2v) is 22.8. The Balaban J connectivity index is 0.000000412. The fourth-order valence-corrected chi connectivity index (χ4v) is 12.1. The van der Waals surface area contributed by atoms with Crippen LogP contribution in [0.5, 0.6) is 0 Å². The maximum atomic E-state index is 13.3. The Morgan fingerprint density at radius 2 is 0.898 bits per heavy atom. The van der Waals surface area contributed by atoms with Gasteiger partial charge >= 0.3 is 24.3 Å². The average molecular weight is 1280 g/mol. The largest absolute Gasteiger partial charge is 0.469 e. The molecule has 5 aromatic carbocycles. The van der Waals surface area contributed by atoms with Crippen molar-refractivity contribution in [2.45, 2.75) is 136 Å². The minimum atomic E-state index is -4.59. The van der Waals surface area contributed by atoms with Gasteiger partial charge in [0.1, 0.15) is 0 Å². The number of aryl methyl sites for hydroxylation is 6. The van der Waals surface area contributed by atoms with E-state index in [2.05, 4.69) is 10.6 Å². The fourth-order valence-electron chi connectivity index (χ4n) is 11.6. The van der Waals surface area contributed by atoms with Crippen LogP contribution in [0.3, 0.4) is 0 Å². The predicted molar refractivity (Wildman–Crippen MR) is 341 cm³/mol. The number of nitrogens with one attached hydrogen (secondary N) is 2. The van der Waals surface area contributed by atoms with E-state index in [1.165, 1.54) is 33.4 Å². The zero-order chi connectivity index (χ0) is 63.9. The summed E-state index contributed by atoms with van der Waals surface area (Å²) in [4.78, 5) is 81.1. The van der Waals surface area contributed by atoms with Crippen LogP contribution in [-0.2, 0) is 50.6 Å². The summed E-state index contributed by atoms with van der Waals surface area (Å²) in [6.07, 6.45) is -7.18. The van der Waals surface area contributed by atoms with Crippen molar-refractivity contribution in [3.63, 3.8) is 0 Å². The first-order valence-corrected chi connectivity index (χ1v) is 28.5. The molecule has 0 spiro atoms. The maximum Gasteiger partial charge on any atom is 0.416 e. The smallest absolute Gasteiger partial charge is 0.416 e. The van der Waals surface area contributed by atoms with Crippen molar-refractivity contribution in [2.75, 3.05) is 66.2 Å². The number of carbonyl (C=O) groups excluding carboxylic acids is 6. The molecule has 3 heterocycles. The Hall–Kier alpha value is -7.12. The summed E-state index contributed by atoms with van der Waals surface area (Å²) in [5, 5.41) is 5.11. The van der Waals surface area contributed by atoms with E-state index in [0.29, 0.717) is 38.0 Å². The molecule has 13 nitrogen and oxygen atoms in total. The van der Waals surface area contributed by atoms with Crippen molar-refractivity contribution in [2.24, 2.45) is 28.1 Å². The molecule has 3 aliphatic rings. The predicted octanol–water partition coefficient (Wildman–Crippen LogP) is 16.8. The number of hydrogen-bond donors (Lipinski definition) is 2. The molecular formula is C67H87Cl2F6N5O8. The summed E-state index contributed by atoms with van der Waals surface area (Å²) < 4.78 is 85.9. The number of esters is 2. The van der Waals surface area contributed by atoms with E-state index in [-0.39, 0.29) is 86.6 Å². The van der Waals surface area contributed by atoms with Gasteiger partial charge in [-0.2, -0.15) is 26.3 Å². The van der Waals surface area contributed by atoms with E-state index in [1.54, 1.807) is 28.5 Å². The van der Waals surface area contributed by atoms with Gasteiger partial charge in [-0.3, -0.25) is 28.8 Å². The molecule has 21 heteroatoms. The van der Waals surface area contributed by atoms with Crippen LogP contribution in [0.4, 0.5) is 54.8 Å². The lowest BCUT2D eigenvalue weighted by molar-refractivity contribution is -0.155. The fraction of sp³-hybridized carbons (Fsp3) is 0.463. The lowest BCUT2D eigenvalue weighted by Gasteiger charge is -2.30. The van der Waals surface area contributed by atoms with Crippen molar-refractivity contribution >= 4 is 87.2 Å². The molecule has 5 aromatic rings. The van der Waals surface area contributed by atoms with Crippen molar-refractivity contribution in [1.82, 2.24) is 0 Å². The Morgan fingerprint density at radius 1 is 0.545 bits per heavy atom. The lowest BCUT2D eigenvalue weighted by atomic mass is 9.75. The number of rotatable bonds is 11. The first kappa shape index (κ1) is 77.0. The molecule has 8 rings (SSSR count). The van der Waals surface area contributed by atoms with Crippen LogP contribution in [0.25, 0.3) is 0 Å². The topological polar surface area (TPSA) is 155 Å². The van der Waals surface area contributed by atoms with Crippen LogP contribution in [-0.4, -0.2) is 76.5 Å². The number of hydrogen-bond acceptors (Lipinski definition) is 9. The van der Waals surface area contributed by atoms with Crippen molar-refractivity contribution < 1.29 is 64.6 Å². The van der Waals surface area contributed by atoms with E-state index in [1.807, 2.05) is 117 Å². The summed E-state index contributed by atoms with van der Waals surface area (Å²) in [6, 6.07) is 23.8. The van der Waals surface area contributed by atoms with Gasteiger partial charge in [-0.25, -0.2) is 0 Å². The van der Waals surface area contributed by atoms with Crippen molar-refractivity contribution in [1.29, 1.82) is 0 Å². The van der Waals surface area contributed by atoms with Crippen LogP contribution in [0.1, 0.15) is 127 Å². The Morgan fingerprint density at radius 3 is 1.25 bits per heavy atom. The molecule has 484 valence electrons. The number of carbonyl (C=O) groups is 6. The molecule has 3 fully saturated rings. The van der Waals surface area contributed by atoms with Crippen molar-refractivity contribution in [3.8, 4) is 0 Å². The molecule has 3 aliphatic heterocycles. The molecule has 4 amide bonds. The van der Waals surface area contributed by atoms with Crippen LogP contribution in [0.15, 0.2) is 91.0 Å². The van der Waals surface area contributed by atoms with Gasteiger partial charge in [0.2, 0.25) is 23.6 Å². The van der Waals surface area contributed by atoms with Gasteiger partial charge in [0.25, 0.3) is 0 Å². The normalized spacial score (nSPS) is 20.3. The minimum absolute atomic E-state index is 0. The molecule has 0 aliphatic carbocycles. The number of nitrogens with zero attached hydrogens (tertiary/aromatic N) is 3. The van der Waals surface area contributed by atoms with Gasteiger partial charge < -0.3 is 34.8 Å². The number of para-hydroxylation sites is 3. The van der Waals surface area contributed by atoms with Crippen LogP contribution >= 0.6 is 23.2 Å². The molecule has 0 saturated carbocycles. The van der Waals surface area contributed by atoms with E-state index < -0.39 is 51.5 Å². The second-order valence-electron chi connectivity index (χ2n) is 22.0. The van der Waals surface area contributed by atoms with Gasteiger partial charge in [0.05, 0.1) is 53.4 Å². The number of anilines is 5. The van der Waals surface area contributed by atoms with Gasteiger partial charge in [-0.15, -0.1) is 0 Å². The summed E-state index contributed by atoms with van der Waals surface area (Å²) in [5.41, 5.74) is 4.70. The average Bonchev–Trinajstić information content (AvgIpc) is 3.88. The third-order valence-electron chi connectivity index (χ3n) is 16.8. The summed E-state index contributed by atoms with van der Waals surface area (Å²) in [6.45, 7) is 21.9. The number of benzene rings is 5. The molecule has 0 radical (unpaired) electrons. The molecule has 3 unspecified atom stereocenters. The highest BCUT2D eigenvalue weighted by Crippen LogP contribution is 2.47. The monoisotopic (exact) mass is 1270 g/mol. The lowest BCUT2D eigenvalue weighted by Crippen LogP contribution is -2.42.